The Morgan fingerprint density at radius 1 is 1.00 bits per heavy atom. The fraction of sp³-hybridized carbons (Fsp3) is 0.842. The summed E-state index contributed by atoms with van der Waals surface area (Å²) in [6.07, 6.45) is 0.140. The van der Waals surface area contributed by atoms with Gasteiger partial charge in [-0.3, -0.25) is 9.59 Å². The van der Waals surface area contributed by atoms with E-state index in [1.807, 2.05) is 20.8 Å². The van der Waals surface area contributed by atoms with Crippen LogP contribution in [0.15, 0.2) is 0 Å². The van der Waals surface area contributed by atoms with Crippen molar-refractivity contribution in [2.75, 3.05) is 5.75 Å². The van der Waals surface area contributed by atoms with Gasteiger partial charge < -0.3 is 15.4 Å². The third-order valence-corrected chi connectivity index (χ3v) is 4.35. The Bertz CT molecular complexity index is 493. The van der Waals surface area contributed by atoms with E-state index in [4.69, 9.17) is 4.74 Å². The normalized spacial score (nSPS) is 14.5. The minimum absolute atomic E-state index is 0.0206. The molecule has 0 rings (SSSR count). The summed E-state index contributed by atoms with van der Waals surface area (Å²) in [6.45, 7) is 16.6. The number of carbonyl (C=O) groups is 3. The molecule has 2 amide bonds. The predicted molar refractivity (Wildman–Crippen MR) is 107 cm³/mol. The molecule has 7 heteroatoms. The number of thioether (sulfide) groups is 1. The maximum Gasteiger partial charge on any atom is 0.408 e. The molecule has 0 aromatic heterocycles. The number of amides is 2. The van der Waals surface area contributed by atoms with Crippen LogP contribution in [0.2, 0.25) is 0 Å². The van der Waals surface area contributed by atoms with Gasteiger partial charge in [0, 0.05) is 18.7 Å². The summed E-state index contributed by atoms with van der Waals surface area (Å²) in [6, 6.07) is -0.879. The molecular formula is C19H36N2O4S. The topological polar surface area (TPSA) is 84.5 Å². The average Bonchev–Trinajstić information content (AvgIpc) is 2.38. The standard InChI is InChI=1S/C19H36N2O4S/c1-12(2)10-14(11-26-13(3)22)20-16(23)15(18(4,5)6)21-17(24)25-19(7,8)9/h12,14-15H,10-11H2,1-9H3,(H,20,23)(H,21,24)/t14-,15+/m0/s1. The van der Waals surface area contributed by atoms with Gasteiger partial charge in [-0.2, -0.15) is 0 Å². The number of hydrogen-bond donors (Lipinski definition) is 2. The van der Waals surface area contributed by atoms with Crippen LogP contribution >= 0.6 is 11.8 Å². The lowest BCUT2D eigenvalue weighted by Gasteiger charge is -2.33. The highest BCUT2D eigenvalue weighted by atomic mass is 32.2. The van der Waals surface area contributed by atoms with Crippen molar-refractivity contribution >= 4 is 28.9 Å². The van der Waals surface area contributed by atoms with E-state index in [0.29, 0.717) is 11.7 Å². The van der Waals surface area contributed by atoms with Crippen LogP contribution in [0.25, 0.3) is 0 Å². The lowest BCUT2D eigenvalue weighted by molar-refractivity contribution is -0.126. The molecule has 0 radical (unpaired) electrons. The Kier molecular flexibility index (Phi) is 9.70. The van der Waals surface area contributed by atoms with E-state index in [0.717, 1.165) is 6.42 Å². The first-order chi connectivity index (χ1) is 11.6. The van der Waals surface area contributed by atoms with Crippen LogP contribution < -0.4 is 10.6 Å². The van der Waals surface area contributed by atoms with Crippen molar-refractivity contribution in [2.24, 2.45) is 11.3 Å². The summed E-state index contributed by atoms with van der Waals surface area (Å²) < 4.78 is 5.28. The van der Waals surface area contributed by atoms with Crippen molar-refractivity contribution in [1.82, 2.24) is 10.6 Å². The zero-order valence-corrected chi connectivity index (χ0v) is 18.5. The van der Waals surface area contributed by atoms with Crippen LogP contribution in [0.5, 0.6) is 0 Å². The second-order valence-corrected chi connectivity index (χ2v) is 10.3. The second kappa shape index (κ2) is 10.2. The molecule has 0 aliphatic carbocycles. The zero-order valence-electron chi connectivity index (χ0n) is 17.7. The SMILES string of the molecule is CC(=O)SC[C@H](CC(C)C)NC(=O)[C@@H](NC(=O)OC(C)(C)C)C(C)(C)C. The van der Waals surface area contributed by atoms with Gasteiger partial charge in [-0.15, -0.1) is 0 Å². The average molecular weight is 389 g/mol. The van der Waals surface area contributed by atoms with E-state index >= 15 is 0 Å². The van der Waals surface area contributed by atoms with E-state index in [1.54, 1.807) is 20.8 Å². The van der Waals surface area contributed by atoms with Gasteiger partial charge in [0.2, 0.25) is 5.91 Å². The van der Waals surface area contributed by atoms with Crippen LogP contribution in [0.4, 0.5) is 4.79 Å². The Balaban J connectivity index is 5.14. The molecule has 0 spiro atoms. The summed E-state index contributed by atoms with van der Waals surface area (Å²) in [5, 5.41) is 5.71. The molecule has 0 bridgehead atoms. The first-order valence-corrected chi connectivity index (χ1v) is 10.0. The molecule has 0 saturated heterocycles. The number of ether oxygens (including phenoxy) is 1. The monoisotopic (exact) mass is 388 g/mol. The molecule has 26 heavy (non-hydrogen) atoms. The van der Waals surface area contributed by atoms with Crippen molar-refractivity contribution in [3.05, 3.63) is 0 Å². The lowest BCUT2D eigenvalue weighted by Crippen LogP contribution is -2.56. The Morgan fingerprint density at radius 2 is 1.54 bits per heavy atom. The van der Waals surface area contributed by atoms with Gasteiger partial charge in [-0.1, -0.05) is 46.4 Å². The zero-order chi connectivity index (χ0) is 20.7. The molecule has 0 aromatic carbocycles. The van der Waals surface area contributed by atoms with E-state index in [-0.39, 0.29) is 17.1 Å². The molecule has 2 N–H and O–H groups in total. The minimum Gasteiger partial charge on any atom is -0.444 e. The molecule has 0 heterocycles. The fourth-order valence-corrected chi connectivity index (χ4v) is 3.00. The van der Waals surface area contributed by atoms with Gasteiger partial charge in [-0.05, 0) is 38.5 Å². The first-order valence-electron chi connectivity index (χ1n) is 9.05. The smallest absolute Gasteiger partial charge is 0.408 e. The van der Waals surface area contributed by atoms with Crippen LogP contribution in [0, 0.1) is 11.3 Å². The highest BCUT2D eigenvalue weighted by Crippen LogP contribution is 2.21. The van der Waals surface area contributed by atoms with Crippen LogP contribution in [0.3, 0.4) is 0 Å². The van der Waals surface area contributed by atoms with Gasteiger partial charge in [0.1, 0.15) is 11.6 Å². The van der Waals surface area contributed by atoms with Crippen molar-refractivity contribution in [1.29, 1.82) is 0 Å². The summed E-state index contributed by atoms with van der Waals surface area (Å²) in [7, 11) is 0. The molecule has 0 fully saturated rings. The molecular weight excluding hydrogens is 352 g/mol. The predicted octanol–water partition coefficient (Wildman–Crippen LogP) is 3.74. The Morgan fingerprint density at radius 3 is 1.92 bits per heavy atom. The number of alkyl carbamates (subject to hydrolysis) is 1. The van der Waals surface area contributed by atoms with Crippen molar-refractivity contribution in [3.63, 3.8) is 0 Å². The van der Waals surface area contributed by atoms with Crippen LogP contribution in [-0.4, -0.2) is 40.6 Å². The fourth-order valence-electron chi connectivity index (χ4n) is 2.34. The van der Waals surface area contributed by atoms with Gasteiger partial charge >= 0.3 is 6.09 Å². The van der Waals surface area contributed by atoms with E-state index in [1.165, 1.54) is 18.7 Å². The molecule has 0 saturated carbocycles. The van der Waals surface area contributed by atoms with Gasteiger partial charge in [-0.25, -0.2) is 4.79 Å². The van der Waals surface area contributed by atoms with Crippen molar-refractivity contribution < 1.29 is 19.1 Å². The van der Waals surface area contributed by atoms with Crippen molar-refractivity contribution in [2.45, 2.75) is 86.4 Å². The Hall–Kier alpha value is -1.24. The third-order valence-electron chi connectivity index (χ3n) is 3.38. The number of hydrogen-bond acceptors (Lipinski definition) is 5. The van der Waals surface area contributed by atoms with E-state index in [2.05, 4.69) is 24.5 Å². The highest BCUT2D eigenvalue weighted by Gasteiger charge is 2.35. The molecule has 152 valence electrons. The van der Waals surface area contributed by atoms with E-state index < -0.39 is 23.2 Å². The number of nitrogens with one attached hydrogen (secondary N) is 2. The molecule has 0 aromatic rings. The van der Waals surface area contributed by atoms with Gasteiger partial charge in [0.25, 0.3) is 0 Å². The summed E-state index contributed by atoms with van der Waals surface area (Å²) in [5.74, 6) is 0.626. The quantitative estimate of drug-likeness (QED) is 0.694. The van der Waals surface area contributed by atoms with E-state index in [9.17, 15) is 14.4 Å². The van der Waals surface area contributed by atoms with Crippen LogP contribution in [-0.2, 0) is 14.3 Å². The molecule has 0 unspecified atom stereocenters. The molecule has 0 aliphatic rings. The maximum atomic E-state index is 12.9. The maximum absolute atomic E-state index is 12.9. The first kappa shape index (κ1) is 24.8. The second-order valence-electron chi connectivity index (χ2n) is 9.08. The summed E-state index contributed by atoms with van der Waals surface area (Å²) in [4.78, 5) is 36.3. The molecule has 2 atom stereocenters. The number of rotatable bonds is 7. The number of carbonyl (C=O) groups excluding carboxylic acids is 3. The largest absolute Gasteiger partial charge is 0.444 e. The molecule has 0 aliphatic heterocycles. The summed E-state index contributed by atoms with van der Waals surface area (Å²) in [5.41, 5.74) is -1.13. The summed E-state index contributed by atoms with van der Waals surface area (Å²) >= 11 is 1.20. The van der Waals surface area contributed by atoms with Crippen molar-refractivity contribution in [3.8, 4) is 0 Å². The third kappa shape index (κ3) is 11.4. The molecule has 6 nitrogen and oxygen atoms in total. The minimum atomic E-state index is -0.741. The lowest BCUT2D eigenvalue weighted by atomic mass is 9.86. The van der Waals surface area contributed by atoms with Gasteiger partial charge in [0.05, 0.1) is 0 Å². The van der Waals surface area contributed by atoms with Gasteiger partial charge in [0.15, 0.2) is 5.12 Å². The Labute approximate surface area is 162 Å². The highest BCUT2D eigenvalue weighted by molar-refractivity contribution is 8.13. The van der Waals surface area contributed by atoms with Crippen LogP contribution in [0.1, 0.15) is 68.7 Å².